The molecule has 0 N–H and O–H groups in total. The first-order valence-corrected chi connectivity index (χ1v) is 5.51. The molecular weight excluding hydrogens is 162 g/mol. The highest BCUT2D eigenvalue weighted by molar-refractivity contribution is 5.81. The molecule has 1 saturated heterocycles. The molecule has 0 radical (unpaired) electrons. The first kappa shape index (κ1) is 9.04. The van der Waals surface area contributed by atoms with Gasteiger partial charge in [-0.15, -0.1) is 0 Å². The third-order valence-corrected chi connectivity index (χ3v) is 3.53. The van der Waals surface area contributed by atoms with Crippen molar-refractivity contribution in [3.05, 3.63) is 0 Å². The Labute approximate surface area is 80.3 Å². The summed E-state index contributed by atoms with van der Waals surface area (Å²) in [5, 5.41) is 0. The molecule has 13 heavy (non-hydrogen) atoms. The second-order valence-corrected chi connectivity index (χ2v) is 4.66. The lowest BCUT2D eigenvalue weighted by atomic mass is 9.96. The van der Waals surface area contributed by atoms with E-state index in [1.54, 1.807) is 0 Å². The number of nitrogens with zero attached hydrogens (tertiary/aromatic N) is 1. The van der Waals surface area contributed by atoms with Crippen LogP contribution in [0.4, 0.5) is 0 Å². The Morgan fingerprint density at radius 1 is 1.38 bits per heavy atom. The van der Waals surface area contributed by atoms with Crippen molar-refractivity contribution in [1.29, 1.82) is 0 Å². The maximum Gasteiger partial charge on any atom is 0.225 e. The molecule has 0 bridgehead atoms. The minimum Gasteiger partial charge on any atom is -0.342 e. The minimum atomic E-state index is 0.405. The summed E-state index contributed by atoms with van der Waals surface area (Å²) < 4.78 is 0. The molecule has 2 heteroatoms. The molecular formula is C11H19NO. The summed E-state index contributed by atoms with van der Waals surface area (Å²) in [4.78, 5) is 13.8. The molecule has 1 aliphatic carbocycles. The van der Waals surface area contributed by atoms with Crippen molar-refractivity contribution in [2.45, 2.75) is 33.1 Å². The summed E-state index contributed by atoms with van der Waals surface area (Å²) in [5.41, 5.74) is 0. The number of carbonyl (C=O) groups is 1. The molecule has 2 aliphatic rings. The van der Waals surface area contributed by atoms with Gasteiger partial charge >= 0.3 is 0 Å². The van der Waals surface area contributed by atoms with Crippen molar-refractivity contribution in [2.24, 2.45) is 17.8 Å². The van der Waals surface area contributed by atoms with Crippen LogP contribution in [0, 0.1) is 17.8 Å². The van der Waals surface area contributed by atoms with E-state index in [9.17, 15) is 4.79 Å². The zero-order valence-corrected chi connectivity index (χ0v) is 8.62. The average molecular weight is 181 g/mol. The highest BCUT2D eigenvalue weighted by Gasteiger charge is 2.38. The van der Waals surface area contributed by atoms with E-state index in [4.69, 9.17) is 0 Å². The summed E-state index contributed by atoms with van der Waals surface area (Å²) in [7, 11) is 0. The molecule has 0 spiro atoms. The van der Waals surface area contributed by atoms with Crippen LogP contribution in [0.2, 0.25) is 0 Å². The van der Waals surface area contributed by atoms with Crippen molar-refractivity contribution in [3.63, 3.8) is 0 Å². The lowest BCUT2D eigenvalue weighted by Gasteiger charge is -2.15. The molecule has 2 atom stereocenters. The van der Waals surface area contributed by atoms with Crippen molar-refractivity contribution in [1.82, 2.24) is 4.90 Å². The molecule has 1 aliphatic heterocycles. The Kier molecular flexibility index (Phi) is 2.31. The van der Waals surface area contributed by atoms with E-state index in [0.717, 1.165) is 31.8 Å². The van der Waals surface area contributed by atoms with Crippen LogP contribution in [0.3, 0.4) is 0 Å². The van der Waals surface area contributed by atoms with Crippen LogP contribution in [0.25, 0.3) is 0 Å². The first-order chi connectivity index (χ1) is 6.22. The largest absolute Gasteiger partial charge is 0.342 e. The van der Waals surface area contributed by atoms with Crippen LogP contribution >= 0.6 is 0 Å². The van der Waals surface area contributed by atoms with E-state index in [1.807, 2.05) is 0 Å². The fourth-order valence-corrected chi connectivity index (χ4v) is 2.33. The van der Waals surface area contributed by atoms with Gasteiger partial charge in [0.1, 0.15) is 0 Å². The van der Waals surface area contributed by atoms with Gasteiger partial charge in [0, 0.05) is 19.0 Å². The molecule has 1 amide bonds. The van der Waals surface area contributed by atoms with Crippen molar-refractivity contribution in [3.8, 4) is 0 Å². The van der Waals surface area contributed by atoms with E-state index >= 15 is 0 Å². The molecule has 2 nitrogen and oxygen atoms in total. The first-order valence-electron chi connectivity index (χ1n) is 5.51. The SMILES string of the molecule is CCC1CN(C(=O)C2CC2)CC1C. The Morgan fingerprint density at radius 3 is 2.54 bits per heavy atom. The van der Waals surface area contributed by atoms with Gasteiger partial charge in [-0.25, -0.2) is 0 Å². The van der Waals surface area contributed by atoms with Gasteiger partial charge < -0.3 is 4.90 Å². The van der Waals surface area contributed by atoms with Crippen LogP contribution in [-0.2, 0) is 4.79 Å². The van der Waals surface area contributed by atoms with Gasteiger partial charge in [0.05, 0.1) is 0 Å². The molecule has 2 rings (SSSR count). The van der Waals surface area contributed by atoms with E-state index in [2.05, 4.69) is 18.7 Å². The molecule has 0 aromatic carbocycles. The topological polar surface area (TPSA) is 20.3 Å². The molecule has 74 valence electrons. The maximum absolute atomic E-state index is 11.7. The fraction of sp³-hybridized carbons (Fsp3) is 0.909. The van der Waals surface area contributed by atoms with Crippen molar-refractivity contribution in [2.75, 3.05) is 13.1 Å². The monoisotopic (exact) mass is 181 g/mol. The van der Waals surface area contributed by atoms with Gasteiger partial charge in [-0.05, 0) is 24.7 Å². The summed E-state index contributed by atoms with van der Waals surface area (Å²) >= 11 is 0. The summed E-state index contributed by atoms with van der Waals surface area (Å²) in [6, 6.07) is 0. The van der Waals surface area contributed by atoms with Crippen LogP contribution in [0.1, 0.15) is 33.1 Å². The Bertz CT molecular complexity index is 210. The van der Waals surface area contributed by atoms with Gasteiger partial charge in [-0.3, -0.25) is 4.79 Å². The Hall–Kier alpha value is -0.530. The maximum atomic E-state index is 11.7. The predicted molar refractivity (Wildman–Crippen MR) is 52.2 cm³/mol. The highest BCUT2D eigenvalue weighted by atomic mass is 16.2. The molecule has 2 unspecified atom stereocenters. The lowest BCUT2D eigenvalue weighted by molar-refractivity contribution is -0.131. The average Bonchev–Trinajstić information content (AvgIpc) is 2.89. The molecule has 1 heterocycles. The van der Waals surface area contributed by atoms with Crippen LogP contribution in [0.15, 0.2) is 0 Å². The smallest absolute Gasteiger partial charge is 0.225 e. The van der Waals surface area contributed by atoms with Crippen molar-refractivity contribution < 1.29 is 4.79 Å². The van der Waals surface area contributed by atoms with Crippen LogP contribution in [-0.4, -0.2) is 23.9 Å². The van der Waals surface area contributed by atoms with E-state index in [0.29, 0.717) is 17.7 Å². The predicted octanol–water partition coefficient (Wildman–Crippen LogP) is 1.90. The second-order valence-electron chi connectivity index (χ2n) is 4.66. The standard InChI is InChI=1S/C11H19NO/c1-3-9-7-12(6-8(9)2)11(13)10-4-5-10/h8-10H,3-7H2,1-2H3. The van der Waals surface area contributed by atoms with E-state index in [1.165, 1.54) is 6.42 Å². The number of amides is 1. The summed E-state index contributed by atoms with van der Waals surface area (Å²) in [6.45, 7) is 6.53. The minimum absolute atomic E-state index is 0.405. The lowest BCUT2D eigenvalue weighted by Crippen LogP contribution is -2.30. The van der Waals surface area contributed by atoms with Gasteiger partial charge in [-0.1, -0.05) is 20.3 Å². The summed E-state index contributed by atoms with van der Waals surface area (Å²) in [6.07, 6.45) is 3.50. The Morgan fingerprint density at radius 2 is 2.08 bits per heavy atom. The van der Waals surface area contributed by atoms with Crippen LogP contribution in [0.5, 0.6) is 0 Å². The normalized spacial score (nSPS) is 33.8. The third-order valence-electron chi connectivity index (χ3n) is 3.53. The molecule has 2 fully saturated rings. The number of carbonyl (C=O) groups excluding carboxylic acids is 1. The number of rotatable bonds is 2. The third kappa shape index (κ3) is 1.72. The van der Waals surface area contributed by atoms with Gasteiger partial charge in [0.25, 0.3) is 0 Å². The van der Waals surface area contributed by atoms with Gasteiger partial charge in [-0.2, -0.15) is 0 Å². The molecule has 0 aromatic rings. The fourth-order valence-electron chi connectivity index (χ4n) is 2.33. The van der Waals surface area contributed by atoms with Crippen molar-refractivity contribution >= 4 is 5.91 Å². The number of hydrogen-bond donors (Lipinski definition) is 0. The highest BCUT2D eigenvalue weighted by Crippen LogP contribution is 2.34. The van der Waals surface area contributed by atoms with E-state index < -0.39 is 0 Å². The Balaban J connectivity index is 1.92. The molecule has 0 aromatic heterocycles. The van der Waals surface area contributed by atoms with Gasteiger partial charge in [0.2, 0.25) is 5.91 Å². The van der Waals surface area contributed by atoms with Crippen LogP contribution < -0.4 is 0 Å². The van der Waals surface area contributed by atoms with E-state index in [-0.39, 0.29) is 0 Å². The second kappa shape index (κ2) is 3.32. The zero-order chi connectivity index (χ0) is 9.42. The van der Waals surface area contributed by atoms with Gasteiger partial charge in [0.15, 0.2) is 0 Å². The quantitative estimate of drug-likeness (QED) is 0.637. The number of likely N-dealkylation sites (tertiary alicyclic amines) is 1. The molecule has 1 saturated carbocycles. The number of hydrogen-bond acceptors (Lipinski definition) is 1. The zero-order valence-electron chi connectivity index (χ0n) is 8.62. The summed E-state index contributed by atoms with van der Waals surface area (Å²) in [5.74, 6) is 2.31.